The molecular weight excluding hydrogens is 300 g/mol. The standard InChI is InChI=1S/C19H28N4O/c1-2-5-18-16-7-4-3-6-15(16)17(14-20)19(22-18)21-8-9-23-10-12-24-13-11-23/h2-13H2,1H3,(H,21,22). The summed E-state index contributed by atoms with van der Waals surface area (Å²) in [5, 5.41) is 13.1. The molecule has 3 rings (SSSR count). The number of nitrogens with zero attached hydrogens (tertiary/aromatic N) is 3. The predicted octanol–water partition coefficient (Wildman–Crippen LogP) is 2.53. The molecule has 1 aliphatic carbocycles. The molecule has 1 aromatic rings. The van der Waals surface area contributed by atoms with Gasteiger partial charge >= 0.3 is 0 Å². The number of nitriles is 1. The topological polar surface area (TPSA) is 61.2 Å². The summed E-state index contributed by atoms with van der Waals surface area (Å²) in [5.41, 5.74) is 4.61. The van der Waals surface area contributed by atoms with Gasteiger partial charge in [0.25, 0.3) is 0 Å². The van der Waals surface area contributed by atoms with Gasteiger partial charge in [-0.25, -0.2) is 4.98 Å². The Bertz CT molecular complexity index is 602. The number of morpholine rings is 1. The zero-order chi connectivity index (χ0) is 16.8. The monoisotopic (exact) mass is 328 g/mol. The van der Waals surface area contributed by atoms with E-state index in [0.717, 1.165) is 76.5 Å². The Morgan fingerprint density at radius 2 is 1.96 bits per heavy atom. The van der Waals surface area contributed by atoms with Gasteiger partial charge in [0.15, 0.2) is 0 Å². The quantitative estimate of drug-likeness (QED) is 0.869. The Kier molecular flexibility index (Phi) is 6.06. The number of fused-ring (bicyclic) bond motifs is 1. The molecule has 1 aliphatic heterocycles. The Morgan fingerprint density at radius 1 is 1.21 bits per heavy atom. The fourth-order valence-electron chi connectivity index (χ4n) is 3.75. The largest absolute Gasteiger partial charge is 0.379 e. The molecule has 0 amide bonds. The van der Waals surface area contributed by atoms with E-state index in [1.54, 1.807) is 0 Å². The minimum Gasteiger partial charge on any atom is -0.379 e. The second-order valence-electron chi connectivity index (χ2n) is 6.69. The second-order valence-corrected chi connectivity index (χ2v) is 6.69. The first kappa shape index (κ1) is 17.2. The van der Waals surface area contributed by atoms with Crippen molar-refractivity contribution < 1.29 is 4.74 Å². The van der Waals surface area contributed by atoms with Crippen LogP contribution >= 0.6 is 0 Å². The zero-order valence-corrected chi connectivity index (χ0v) is 14.7. The van der Waals surface area contributed by atoms with E-state index >= 15 is 0 Å². The molecule has 0 spiro atoms. The molecule has 0 bridgehead atoms. The lowest BCUT2D eigenvalue weighted by molar-refractivity contribution is 0.0398. The van der Waals surface area contributed by atoms with Crippen molar-refractivity contribution in [2.24, 2.45) is 0 Å². The minimum absolute atomic E-state index is 0.784. The molecule has 24 heavy (non-hydrogen) atoms. The lowest BCUT2D eigenvalue weighted by Crippen LogP contribution is -2.39. The molecule has 0 unspecified atom stereocenters. The molecule has 2 heterocycles. The molecule has 5 heteroatoms. The SMILES string of the molecule is CCCc1nc(NCCN2CCOCC2)c(C#N)c2c1CCCC2. The highest BCUT2D eigenvalue weighted by Gasteiger charge is 2.21. The van der Waals surface area contributed by atoms with E-state index in [1.165, 1.54) is 29.7 Å². The van der Waals surface area contributed by atoms with Crippen molar-refractivity contribution in [1.29, 1.82) is 5.26 Å². The highest BCUT2D eigenvalue weighted by Crippen LogP contribution is 2.31. The van der Waals surface area contributed by atoms with Crippen LogP contribution in [0, 0.1) is 11.3 Å². The molecule has 0 atom stereocenters. The summed E-state index contributed by atoms with van der Waals surface area (Å²) in [7, 11) is 0. The lowest BCUT2D eigenvalue weighted by atomic mass is 9.87. The first-order valence-corrected chi connectivity index (χ1v) is 9.32. The summed E-state index contributed by atoms with van der Waals surface area (Å²) in [4.78, 5) is 7.25. The highest BCUT2D eigenvalue weighted by atomic mass is 16.5. The van der Waals surface area contributed by atoms with Gasteiger partial charge in [-0.05, 0) is 43.2 Å². The van der Waals surface area contributed by atoms with Crippen molar-refractivity contribution in [3.8, 4) is 6.07 Å². The van der Waals surface area contributed by atoms with Gasteiger partial charge in [0.2, 0.25) is 0 Å². The third-order valence-electron chi connectivity index (χ3n) is 5.02. The molecular formula is C19H28N4O. The maximum atomic E-state index is 9.69. The van der Waals surface area contributed by atoms with Crippen molar-refractivity contribution in [3.63, 3.8) is 0 Å². The summed E-state index contributed by atoms with van der Waals surface area (Å²) in [6.45, 7) is 7.61. The van der Waals surface area contributed by atoms with E-state index < -0.39 is 0 Å². The third kappa shape index (κ3) is 3.88. The molecule has 1 aromatic heterocycles. The molecule has 0 radical (unpaired) electrons. The van der Waals surface area contributed by atoms with Gasteiger partial charge in [0, 0.05) is 31.9 Å². The number of nitrogens with one attached hydrogen (secondary N) is 1. The minimum atomic E-state index is 0.784. The number of anilines is 1. The third-order valence-corrected chi connectivity index (χ3v) is 5.02. The van der Waals surface area contributed by atoms with Gasteiger partial charge in [0.05, 0.1) is 18.8 Å². The van der Waals surface area contributed by atoms with Crippen LogP contribution in [-0.2, 0) is 24.0 Å². The van der Waals surface area contributed by atoms with Gasteiger partial charge in [0.1, 0.15) is 11.9 Å². The van der Waals surface area contributed by atoms with E-state index in [4.69, 9.17) is 9.72 Å². The van der Waals surface area contributed by atoms with E-state index in [2.05, 4.69) is 23.2 Å². The van der Waals surface area contributed by atoms with Gasteiger partial charge in [-0.15, -0.1) is 0 Å². The first-order chi connectivity index (χ1) is 11.8. The molecule has 0 aromatic carbocycles. The van der Waals surface area contributed by atoms with Crippen LogP contribution in [-0.4, -0.2) is 49.3 Å². The van der Waals surface area contributed by atoms with Gasteiger partial charge in [-0.2, -0.15) is 5.26 Å². The fourth-order valence-corrected chi connectivity index (χ4v) is 3.75. The van der Waals surface area contributed by atoms with Crippen molar-refractivity contribution in [2.75, 3.05) is 44.7 Å². The molecule has 1 saturated heterocycles. The lowest BCUT2D eigenvalue weighted by Gasteiger charge is -2.27. The summed E-state index contributed by atoms with van der Waals surface area (Å²) in [5.74, 6) is 0.801. The number of hydrogen-bond acceptors (Lipinski definition) is 5. The van der Waals surface area contributed by atoms with Crippen LogP contribution in [0.3, 0.4) is 0 Å². The number of ether oxygens (including phenoxy) is 1. The summed E-state index contributed by atoms with van der Waals surface area (Å²) >= 11 is 0. The number of aryl methyl sites for hydroxylation is 1. The smallest absolute Gasteiger partial charge is 0.144 e. The van der Waals surface area contributed by atoms with Gasteiger partial charge in [-0.1, -0.05) is 13.3 Å². The zero-order valence-electron chi connectivity index (χ0n) is 14.7. The Labute approximate surface area is 145 Å². The highest BCUT2D eigenvalue weighted by molar-refractivity contribution is 5.60. The normalized spacial score (nSPS) is 18.0. The van der Waals surface area contributed by atoms with Crippen LogP contribution in [0.2, 0.25) is 0 Å². The molecule has 5 nitrogen and oxygen atoms in total. The number of rotatable bonds is 6. The maximum Gasteiger partial charge on any atom is 0.144 e. The van der Waals surface area contributed by atoms with Crippen LogP contribution < -0.4 is 5.32 Å². The number of pyridine rings is 1. The molecule has 1 fully saturated rings. The van der Waals surface area contributed by atoms with Crippen molar-refractivity contribution in [3.05, 3.63) is 22.4 Å². The average molecular weight is 328 g/mol. The van der Waals surface area contributed by atoms with Gasteiger partial charge in [-0.3, -0.25) is 4.90 Å². The molecule has 130 valence electrons. The van der Waals surface area contributed by atoms with Crippen LogP contribution in [0.25, 0.3) is 0 Å². The maximum absolute atomic E-state index is 9.69. The molecule has 0 saturated carbocycles. The van der Waals surface area contributed by atoms with Gasteiger partial charge < -0.3 is 10.1 Å². The van der Waals surface area contributed by atoms with Crippen LogP contribution in [0.1, 0.15) is 48.6 Å². The van der Waals surface area contributed by atoms with Crippen molar-refractivity contribution >= 4 is 5.82 Å². The Balaban J connectivity index is 1.75. The van der Waals surface area contributed by atoms with E-state index in [9.17, 15) is 5.26 Å². The van der Waals surface area contributed by atoms with Crippen LogP contribution in [0.5, 0.6) is 0 Å². The van der Waals surface area contributed by atoms with E-state index in [-0.39, 0.29) is 0 Å². The fraction of sp³-hybridized carbons (Fsp3) is 0.684. The number of aromatic nitrogens is 1. The first-order valence-electron chi connectivity index (χ1n) is 9.32. The van der Waals surface area contributed by atoms with E-state index in [1.807, 2.05) is 0 Å². The predicted molar refractivity (Wildman–Crippen MR) is 95.3 cm³/mol. The second kappa shape index (κ2) is 8.46. The average Bonchev–Trinajstić information content (AvgIpc) is 2.63. The van der Waals surface area contributed by atoms with Crippen molar-refractivity contribution in [1.82, 2.24) is 9.88 Å². The number of hydrogen-bond donors (Lipinski definition) is 1. The Morgan fingerprint density at radius 3 is 2.67 bits per heavy atom. The summed E-state index contributed by atoms with van der Waals surface area (Å²) in [6, 6.07) is 2.42. The van der Waals surface area contributed by atoms with Crippen LogP contribution in [0.4, 0.5) is 5.82 Å². The molecule has 2 aliphatic rings. The van der Waals surface area contributed by atoms with Crippen LogP contribution in [0.15, 0.2) is 0 Å². The van der Waals surface area contributed by atoms with E-state index in [0.29, 0.717) is 0 Å². The van der Waals surface area contributed by atoms with Crippen molar-refractivity contribution in [2.45, 2.75) is 45.4 Å². The summed E-state index contributed by atoms with van der Waals surface area (Å²) < 4.78 is 5.39. The Hall–Kier alpha value is -1.64. The summed E-state index contributed by atoms with van der Waals surface area (Å²) in [6.07, 6.45) is 6.62. The molecule has 1 N–H and O–H groups in total.